The van der Waals surface area contributed by atoms with Gasteiger partial charge in [0.25, 0.3) is 0 Å². The monoisotopic (exact) mass is 437 g/mol. The van der Waals surface area contributed by atoms with Gasteiger partial charge in [0.2, 0.25) is 11.8 Å². The molecule has 2 aromatic rings. The van der Waals surface area contributed by atoms with E-state index in [1.807, 2.05) is 45.0 Å². The summed E-state index contributed by atoms with van der Waals surface area (Å²) >= 11 is 1.37. The van der Waals surface area contributed by atoms with E-state index in [9.17, 15) is 9.59 Å². The third-order valence-electron chi connectivity index (χ3n) is 5.18. The number of aryl methyl sites for hydroxylation is 1. The highest BCUT2D eigenvalue weighted by Crippen LogP contribution is 2.30. The molecule has 1 saturated heterocycles. The van der Waals surface area contributed by atoms with Crippen molar-refractivity contribution in [2.24, 2.45) is 0 Å². The smallest absolute Gasteiger partial charge is 0.243 e. The van der Waals surface area contributed by atoms with Crippen molar-refractivity contribution in [2.45, 2.75) is 52.6 Å². The molecule has 0 aliphatic carbocycles. The first-order valence-electron chi connectivity index (χ1n) is 10.3. The molecule has 162 valence electrons. The lowest BCUT2D eigenvalue weighted by atomic mass is 10.1. The number of terminal acetylenes is 1. The molecule has 1 N–H and O–H groups in total. The molecule has 6 nitrogen and oxygen atoms in total. The number of allylic oxidation sites excluding steroid dienone is 1. The summed E-state index contributed by atoms with van der Waals surface area (Å²) in [5.41, 5.74) is 3.95. The molecule has 1 fully saturated rings. The lowest BCUT2D eigenvalue weighted by molar-refractivity contribution is -0.138. The van der Waals surface area contributed by atoms with Crippen molar-refractivity contribution in [1.29, 1.82) is 0 Å². The molecule has 1 aliphatic heterocycles. The standard InChI is InChI=1S/C24H27N3O3S/c1-5-31-23(16(2)3)19-10-8-18(9-11-19)15-25-24(29)21-7-6-12-27(21)22(28)14-20-13-17(4)26-30-20/h1,8-11,13,21H,6-7,12,14-15H2,2-4H3,(H,25,29). The van der Waals surface area contributed by atoms with Gasteiger partial charge in [-0.25, -0.2) is 0 Å². The average molecular weight is 438 g/mol. The number of carbonyl (C=O) groups excluding carboxylic acids is 2. The maximum Gasteiger partial charge on any atom is 0.243 e. The molecule has 0 bridgehead atoms. The van der Waals surface area contributed by atoms with Gasteiger partial charge in [0.15, 0.2) is 0 Å². The van der Waals surface area contributed by atoms with Crippen molar-refractivity contribution in [3.05, 3.63) is 58.5 Å². The van der Waals surface area contributed by atoms with Gasteiger partial charge in [-0.3, -0.25) is 9.59 Å². The molecule has 31 heavy (non-hydrogen) atoms. The lowest BCUT2D eigenvalue weighted by Gasteiger charge is -2.23. The highest BCUT2D eigenvalue weighted by atomic mass is 32.2. The van der Waals surface area contributed by atoms with E-state index in [4.69, 9.17) is 10.9 Å². The van der Waals surface area contributed by atoms with E-state index < -0.39 is 6.04 Å². The molecular formula is C24H27N3O3S. The van der Waals surface area contributed by atoms with Crippen molar-refractivity contribution in [2.75, 3.05) is 6.54 Å². The maximum atomic E-state index is 12.8. The van der Waals surface area contributed by atoms with Crippen LogP contribution in [0.2, 0.25) is 0 Å². The van der Waals surface area contributed by atoms with E-state index in [-0.39, 0.29) is 18.2 Å². The predicted molar refractivity (Wildman–Crippen MR) is 123 cm³/mol. The van der Waals surface area contributed by atoms with E-state index in [2.05, 4.69) is 15.7 Å². The number of nitrogens with zero attached hydrogens (tertiary/aromatic N) is 2. The largest absolute Gasteiger partial charge is 0.361 e. The Kier molecular flexibility index (Phi) is 7.59. The number of hydrogen-bond donors (Lipinski definition) is 1. The number of likely N-dealkylation sites (tertiary alicyclic amines) is 1. The first kappa shape index (κ1) is 22.7. The van der Waals surface area contributed by atoms with Gasteiger partial charge < -0.3 is 14.7 Å². The van der Waals surface area contributed by atoms with Crippen LogP contribution in [-0.4, -0.2) is 34.5 Å². The third-order valence-corrected chi connectivity index (χ3v) is 6.14. The minimum atomic E-state index is -0.444. The third kappa shape index (κ3) is 5.80. The fourth-order valence-corrected chi connectivity index (χ4v) is 4.25. The van der Waals surface area contributed by atoms with Crippen LogP contribution < -0.4 is 5.32 Å². The van der Waals surface area contributed by atoms with Gasteiger partial charge in [-0.1, -0.05) is 35.0 Å². The van der Waals surface area contributed by atoms with Gasteiger partial charge in [-0.05, 0) is 61.8 Å². The van der Waals surface area contributed by atoms with E-state index in [0.29, 0.717) is 25.3 Å². The molecule has 2 heterocycles. The summed E-state index contributed by atoms with van der Waals surface area (Å²) < 4.78 is 5.14. The van der Waals surface area contributed by atoms with Crippen LogP contribution in [0.15, 0.2) is 40.4 Å². The second-order valence-corrected chi connectivity index (χ2v) is 8.67. The van der Waals surface area contributed by atoms with Crippen LogP contribution in [0, 0.1) is 18.6 Å². The number of benzene rings is 1. The number of aromatic nitrogens is 1. The molecule has 7 heteroatoms. The summed E-state index contributed by atoms with van der Waals surface area (Å²) in [5, 5.41) is 9.41. The molecule has 3 rings (SSSR count). The number of nitrogens with one attached hydrogen (secondary N) is 1. The highest BCUT2D eigenvalue weighted by Gasteiger charge is 2.34. The van der Waals surface area contributed by atoms with Crippen LogP contribution in [0.5, 0.6) is 0 Å². The Morgan fingerprint density at radius 2 is 2.06 bits per heavy atom. The Balaban J connectivity index is 1.57. The summed E-state index contributed by atoms with van der Waals surface area (Å²) in [6.45, 7) is 6.87. The molecule has 0 spiro atoms. The minimum Gasteiger partial charge on any atom is -0.361 e. The number of amides is 2. The number of hydrogen-bond acceptors (Lipinski definition) is 5. The SMILES string of the molecule is C#CSC(=C(C)C)c1ccc(CNC(=O)C2CCCN2C(=O)Cc2cc(C)no2)cc1. The van der Waals surface area contributed by atoms with Crippen molar-refractivity contribution >= 4 is 28.5 Å². The Morgan fingerprint density at radius 3 is 2.68 bits per heavy atom. The molecule has 1 atom stereocenters. The first-order valence-corrected chi connectivity index (χ1v) is 11.1. The summed E-state index contributed by atoms with van der Waals surface area (Å²) in [4.78, 5) is 28.1. The zero-order valence-corrected chi connectivity index (χ0v) is 18.9. The summed E-state index contributed by atoms with van der Waals surface area (Å²) in [6.07, 6.45) is 7.04. The molecule has 1 aliphatic rings. The highest BCUT2D eigenvalue weighted by molar-refractivity contribution is 8.12. The Labute approximate surface area is 187 Å². The molecule has 1 aromatic heterocycles. The van der Waals surface area contributed by atoms with Gasteiger partial charge in [0.05, 0.1) is 12.1 Å². The zero-order chi connectivity index (χ0) is 22.4. The molecule has 2 amide bonds. The Bertz CT molecular complexity index is 1010. The number of thioether (sulfide) groups is 1. The van der Waals surface area contributed by atoms with Crippen LogP contribution in [0.4, 0.5) is 0 Å². The van der Waals surface area contributed by atoms with Gasteiger partial charge in [0.1, 0.15) is 11.8 Å². The second-order valence-electron chi connectivity index (χ2n) is 7.82. The topological polar surface area (TPSA) is 75.4 Å². The van der Waals surface area contributed by atoms with Crippen molar-refractivity contribution in [3.63, 3.8) is 0 Å². The van der Waals surface area contributed by atoms with Crippen LogP contribution in [0.25, 0.3) is 4.91 Å². The van der Waals surface area contributed by atoms with Crippen LogP contribution in [0.3, 0.4) is 0 Å². The maximum absolute atomic E-state index is 12.8. The minimum absolute atomic E-state index is 0.113. The van der Waals surface area contributed by atoms with Gasteiger partial charge in [0, 0.05) is 24.1 Å². The zero-order valence-electron chi connectivity index (χ0n) is 18.1. The summed E-state index contributed by atoms with van der Waals surface area (Å²) in [5.74, 6) is 0.280. The number of carbonyl (C=O) groups is 2. The van der Waals surface area contributed by atoms with E-state index in [1.165, 1.54) is 11.8 Å². The quantitative estimate of drug-likeness (QED) is 0.665. The van der Waals surface area contributed by atoms with Crippen molar-refractivity contribution in [3.8, 4) is 11.7 Å². The summed E-state index contributed by atoms with van der Waals surface area (Å²) in [6, 6.07) is 9.30. The molecule has 0 saturated carbocycles. The molecule has 1 unspecified atom stereocenters. The number of rotatable bonds is 7. The van der Waals surface area contributed by atoms with Crippen LogP contribution in [0.1, 0.15) is 49.3 Å². The Hall–Kier alpha value is -2.98. The lowest BCUT2D eigenvalue weighted by Crippen LogP contribution is -2.46. The predicted octanol–water partition coefficient (Wildman–Crippen LogP) is 3.91. The van der Waals surface area contributed by atoms with Crippen LogP contribution >= 0.6 is 11.8 Å². The molecular weight excluding hydrogens is 410 g/mol. The van der Waals surface area contributed by atoms with Crippen molar-refractivity contribution in [1.82, 2.24) is 15.4 Å². The Morgan fingerprint density at radius 1 is 1.32 bits per heavy atom. The second kappa shape index (κ2) is 10.4. The van der Waals surface area contributed by atoms with E-state index in [0.717, 1.165) is 33.7 Å². The van der Waals surface area contributed by atoms with Gasteiger partial charge in [-0.15, -0.1) is 6.42 Å². The molecule has 1 aromatic carbocycles. The van der Waals surface area contributed by atoms with E-state index in [1.54, 1.807) is 11.0 Å². The van der Waals surface area contributed by atoms with Crippen molar-refractivity contribution < 1.29 is 14.1 Å². The van der Waals surface area contributed by atoms with E-state index >= 15 is 0 Å². The molecule has 0 radical (unpaired) electrons. The first-order chi connectivity index (χ1) is 14.9. The average Bonchev–Trinajstić information content (AvgIpc) is 3.39. The van der Waals surface area contributed by atoms with Crippen LogP contribution in [-0.2, 0) is 22.6 Å². The van der Waals surface area contributed by atoms with Gasteiger partial charge >= 0.3 is 0 Å². The summed E-state index contributed by atoms with van der Waals surface area (Å²) in [7, 11) is 0. The fraction of sp³-hybridized carbons (Fsp3) is 0.375. The fourth-order valence-electron chi connectivity index (χ4n) is 3.68. The normalized spacial score (nSPS) is 15.4. The van der Waals surface area contributed by atoms with Gasteiger partial charge in [-0.2, -0.15) is 0 Å².